The summed E-state index contributed by atoms with van der Waals surface area (Å²) in [5.74, 6) is 0. The van der Waals surface area contributed by atoms with Crippen molar-refractivity contribution in [1.29, 1.82) is 0 Å². The fourth-order valence-corrected chi connectivity index (χ4v) is 0. The zero-order chi connectivity index (χ0) is 0. The molecule has 0 aliphatic rings. The van der Waals surface area contributed by atoms with E-state index in [0.29, 0.717) is 0 Å². The minimum atomic E-state index is 0. The van der Waals surface area contributed by atoms with Crippen LogP contribution < -0.4 is 37.7 Å². The molecule has 0 saturated carbocycles. The Labute approximate surface area is 80.3 Å². The van der Waals surface area contributed by atoms with Gasteiger partial charge < -0.3 is 21.9 Å². The Morgan fingerprint density at radius 2 is 0.571 bits per heavy atom. The van der Waals surface area contributed by atoms with Crippen LogP contribution in [-0.2, 0) is 32.0 Å². The molecule has 0 amide bonds. The predicted octanol–water partition coefficient (Wildman–Crippen LogP) is -6.59. The summed E-state index contributed by atoms with van der Waals surface area (Å²) in [5.41, 5.74) is 0. The van der Waals surface area contributed by atoms with Crippen molar-refractivity contribution < 1.29 is 80.7 Å². The van der Waals surface area contributed by atoms with Crippen molar-refractivity contribution in [1.82, 2.24) is 0 Å². The minimum absolute atomic E-state index is 0. The van der Waals surface area contributed by atoms with Crippen molar-refractivity contribution in [2.24, 2.45) is 0 Å². The quantitative estimate of drug-likeness (QED) is 0.341. The molecule has 0 aliphatic carbocycles. The molecule has 0 bridgehead atoms. The normalized spacial score (nSPS) is 0. The summed E-state index contributed by atoms with van der Waals surface area (Å²) >= 11 is 0. The van der Waals surface area contributed by atoms with E-state index in [-0.39, 0.29) is 80.7 Å². The monoisotopic (exact) mass is 178 g/mol. The maximum Gasteiger partial charge on any atom is 4.00 e. The first-order chi connectivity index (χ1) is 0. The van der Waals surface area contributed by atoms with Gasteiger partial charge in [-0.3, -0.25) is 0 Å². The Hall–Kier alpha value is 1.72. The Balaban J connectivity index is 0. The van der Waals surface area contributed by atoms with Gasteiger partial charge in [-0.05, 0) is 0 Å². The van der Waals surface area contributed by atoms with Crippen molar-refractivity contribution in [3.05, 3.63) is 0 Å². The largest absolute Gasteiger partial charge is 4.00 e. The van der Waals surface area contributed by atoms with Crippen LogP contribution in [0.4, 0.5) is 0 Å². The molecule has 34 valence electrons. The molecule has 0 spiro atoms. The van der Waals surface area contributed by atoms with E-state index in [4.69, 9.17) is 0 Å². The van der Waals surface area contributed by atoms with E-state index in [0.717, 1.165) is 0 Å². The number of hydrogen-bond acceptors (Lipinski definition) is 2. The van der Waals surface area contributed by atoms with Crippen LogP contribution in [0.15, 0.2) is 0 Å². The first kappa shape index (κ1) is 175. The van der Waals surface area contributed by atoms with Gasteiger partial charge in [-0.2, -0.15) is 0 Å². The second kappa shape index (κ2) is 118. The molecule has 0 aromatic heterocycles. The molecule has 7 heavy (non-hydrogen) atoms. The Bertz CT molecular complexity index is 9.65. The minimum Gasteiger partial charge on any atom is -2.00 e. The van der Waals surface area contributed by atoms with Gasteiger partial charge in [0, 0.05) is 0 Å². The molecule has 0 atom stereocenters. The second-order valence-corrected chi connectivity index (χ2v) is 0. The average molecular weight is 176 g/mol. The molecule has 0 fully saturated rings. The summed E-state index contributed by atoms with van der Waals surface area (Å²) in [7, 11) is 0. The van der Waals surface area contributed by atoms with E-state index in [1.807, 2.05) is 0 Å². The molecule has 0 aliphatic heterocycles. The van der Waals surface area contributed by atoms with Crippen LogP contribution in [0.5, 0.6) is 0 Å². The summed E-state index contributed by atoms with van der Waals surface area (Å²) in [6.07, 6.45) is 0. The van der Waals surface area contributed by atoms with E-state index in [9.17, 15) is 0 Å². The molecule has 0 rings (SSSR count). The van der Waals surface area contributed by atoms with Gasteiger partial charge in [0.05, 0.1) is 0 Å². The smallest absolute Gasteiger partial charge is 2.00 e. The van der Waals surface area contributed by atoms with Gasteiger partial charge in [-0.15, -0.1) is 0 Å². The van der Waals surface area contributed by atoms with Crippen molar-refractivity contribution >= 4 is 0 Å². The van der Waals surface area contributed by atoms with Crippen molar-refractivity contribution in [3.8, 4) is 0 Å². The van der Waals surface area contributed by atoms with Crippen LogP contribution >= 0.6 is 0 Å². The van der Waals surface area contributed by atoms with E-state index >= 15 is 0 Å². The van der Waals surface area contributed by atoms with Crippen molar-refractivity contribution in [2.75, 3.05) is 0 Å². The molecule has 4 nitrogen and oxygen atoms in total. The first-order valence-corrected chi connectivity index (χ1v) is 0. The fraction of sp³-hybridized carbons (Fsp3) is 0. The van der Waals surface area contributed by atoms with Crippen LogP contribution in [0.25, 0.3) is 0 Å². The molecule has 0 aromatic carbocycles. The predicted molar refractivity (Wildman–Crippen MR) is 5.24 cm³/mol. The van der Waals surface area contributed by atoms with Crippen LogP contribution in [0.1, 0.15) is 0 Å². The van der Waals surface area contributed by atoms with E-state index in [2.05, 4.69) is 0 Å². The van der Waals surface area contributed by atoms with Gasteiger partial charge in [0.2, 0.25) is 0 Å². The zero-order valence-corrected chi connectivity index (χ0v) is 6.13. The third kappa shape index (κ3) is 85.2. The maximum absolute atomic E-state index is 0. The van der Waals surface area contributed by atoms with Gasteiger partial charge in [0.1, 0.15) is 0 Å². The van der Waals surface area contributed by atoms with Crippen LogP contribution in [-0.4, -0.2) is 11.0 Å². The standard InChI is InChI=1S/2Li.Mo.2H2O.2O/h;;;2*1H2;;/q2*+1;+4;;;2*-2/p-2. The SMILES string of the molecule is [Li+].[Li+].[Mo+4].[O-2].[O-2].[OH-].[OH-]. The van der Waals surface area contributed by atoms with Crippen LogP contribution in [0.2, 0.25) is 0 Å². The van der Waals surface area contributed by atoms with E-state index in [1.165, 1.54) is 0 Å². The van der Waals surface area contributed by atoms with Crippen LogP contribution in [0.3, 0.4) is 0 Å². The molecule has 2 N–H and O–H groups in total. The Kier molecular flexibility index (Phi) is 2940. The Morgan fingerprint density at radius 1 is 0.571 bits per heavy atom. The first-order valence-electron chi connectivity index (χ1n) is 0. The third-order valence-electron chi connectivity index (χ3n) is 0. The molecule has 0 saturated heterocycles. The zero-order valence-electron chi connectivity index (χ0n) is 4.12. The van der Waals surface area contributed by atoms with Gasteiger partial charge in [-0.25, -0.2) is 0 Å². The Morgan fingerprint density at radius 3 is 0.571 bits per heavy atom. The summed E-state index contributed by atoms with van der Waals surface area (Å²) in [6, 6.07) is 0. The van der Waals surface area contributed by atoms with E-state index in [1.54, 1.807) is 0 Å². The molecule has 0 aromatic rings. The average Bonchev–Trinajstić information content (AvgIpc) is 0. The molecular formula is H2Li2MoO4. The topological polar surface area (TPSA) is 117 Å². The van der Waals surface area contributed by atoms with Gasteiger partial charge in [0.15, 0.2) is 0 Å². The molecule has 0 unspecified atom stereocenters. The molecule has 0 radical (unpaired) electrons. The molecule has 0 heterocycles. The fourth-order valence-electron chi connectivity index (χ4n) is 0. The summed E-state index contributed by atoms with van der Waals surface area (Å²) < 4.78 is 0. The van der Waals surface area contributed by atoms with Crippen molar-refractivity contribution in [2.45, 2.75) is 0 Å². The summed E-state index contributed by atoms with van der Waals surface area (Å²) in [6.45, 7) is 0. The summed E-state index contributed by atoms with van der Waals surface area (Å²) in [4.78, 5) is 0. The maximum atomic E-state index is 0. The third-order valence-corrected chi connectivity index (χ3v) is 0. The molecular weight excluding hydrogens is 174 g/mol. The number of hydrogen-bond donors (Lipinski definition) is 0. The molecule has 7 heteroatoms. The van der Waals surface area contributed by atoms with Gasteiger partial charge >= 0.3 is 58.8 Å². The summed E-state index contributed by atoms with van der Waals surface area (Å²) in [5, 5.41) is 0. The van der Waals surface area contributed by atoms with Gasteiger partial charge in [-0.1, -0.05) is 0 Å². The van der Waals surface area contributed by atoms with Crippen molar-refractivity contribution in [3.63, 3.8) is 0 Å². The van der Waals surface area contributed by atoms with Crippen LogP contribution in [0, 0.1) is 0 Å². The number of rotatable bonds is 0. The van der Waals surface area contributed by atoms with E-state index < -0.39 is 0 Å². The van der Waals surface area contributed by atoms with Gasteiger partial charge in [0.25, 0.3) is 0 Å². The second-order valence-electron chi connectivity index (χ2n) is 0.